The van der Waals surface area contributed by atoms with Gasteiger partial charge in [0.15, 0.2) is 0 Å². The van der Waals surface area contributed by atoms with Gasteiger partial charge < -0.3 is 71.9 Å². The van der Waals surface area contributed by atoms with Crippen molar-refractivity contribution in [2.45, 2.75) is 13.3 Å². The first-order chi connectivity index (χ1) is 3.30. The van der Waals surface area contributed by atoms with E-state index >= 15 is 0 Å². The van der Waals surface area contributed by atoms with E-state index in [0.29, 0.717) is 0 Å². The van der Waals surface area contributed by atoms with Crippen molar-refractivity contribution in [3.05, 3.63) is 21.1 Å². The fourth-order valence-corrected chi connectivity index (χ4v) is 1.34. The fourth-order valence-electron chi connectivity index (χ4n) is 0.615. The van der Waals surface area contributed by atoms with Gasteiger partial charge in [0.2, 0.25) is 0 Å². The van der Waals surface area contributed by atoms with E-state index in [1.54, 1.807) is 3.33 Å². The van der Waals surface area contributed by atoms with E-state index in [1.807, 2.05) is 0 Å². The molecule has 56 valence electrons. The van der Waals surface area contributed by atoms with Crippen molar-refractivity contribution < 1.29 is 96.3 Å². The normalized spacial score (nSPS) is 13.5. The van der Waals surface area contributed by atoms with Crippen molar-refractivity contribution >= 4 is 0 Å². The molecule has 0 heterocycles. The van der Waals surface area contributed by atoms with Crippen molar-refractivity contribution in [1.82, 2.24) is 0 Å². The van der Waals surface area contributed by atoms with Crippen LogP contribution in [0.4, 0.5) is 0 Å². The molecule has 0 saturated heterocycles. The molecular weight excluding hydrogens is 631 g/mol. The molecule has 0 aromatic heterocycles. The minimum Gasteiger partial charge on any atom is -1.00 e. The summed E-state index contributed by atoms with van der Waals surface area (Å²) in [4.78, 5) is 0. The van der Waals surface area contributed by atoms with Crippen LogP contribution in [0, 0.1) is 0 Å². The molecule has 0 spiro atoms. The average Bonchev–Trinajstić information content (AvgIpc) is 1.91. The maximum Gasteiger partial charge on any atom is -1.00 e. The Morgan fingerprint density at radius 3 is 1.90 bits per heavy atom. The minimum absolute atomic E-state index is 0. The van der Waals surface area contributed by atoms with Gasteiger partial charge in [-0.3, -0.25) is 0 Å². The third-order valence-electron chi connectivity index (χ3n) is 1.17. The fraction of sp³-hybridized carbons (Fsp3) is 0.333. The Kier molecular flexibility index (Phi) is 17.7. The van der Waals surface area contributed by atoms with Crippen molar-refractivity contribution in [3.8, 4) is 0 Å². The molecule has 1 aliphatic carbocycles. The van der Waals surface area contributed by atoms with Gasteiger partial charge in [0.1, 0.15) is 0 Å². The molecule has 0 atom stereocenters. The Labute approximate surface area is 128 Å². The zero-order valence-electron chi connectivity index (χ0n) is 5.50. The Hall–Kier alpha value is 2.54. The van der Waals surface area contributed by atoms with Crippen LogP contribution in [0.5, 0.6) is 0 Å². The van der Waals surface area contributed by atoms with Crippen LogP contribution >= 0.6 is 0 Å². The molecule has 0 amide bonds. The van der Waals surface area contributed by atoms with Gasteiger partial charge >= 0.3 is 58.8 Å². The predicted molar refractivity (Wildman–Crippen MR) is 26.5 cm³/mol. The monoisotopic (exact) mass is 640 g/mol. The third-order valence-corrected chi connectivity index (χ3v) is 3.32. The summed E-state index contributed by atoms with van der Waals surface area (Å²) in [5.41, 5.74) is 1.51. The number of rotatable bonds is 0. The van der Waals surface area contributed by atoms with Crippen molar-refractivity contribution in [1.29, 1.82) is 0 Å². The van der Waals surface area contributed by atoms with E-state index in [1.165, 1.54) is 36.4 Å². The molecule has 0 aromatic rings. The van der Waals surface area contributed by atoms with Gasteiger partial charge in [-0.2, -0.15) is 0 Å². The largest absolute Gasteiger partial charge is 1.00 e. The molecule has 0 nitrogen and oxygen atoms in total. The molecule has 0 fully saturated rings. The standard InChI is InChI=1S/C6H7.Hf.3HI/c1-6-4-2-3-5-6;;;;/h2,4H,3H2,1H3;;3*1H/q;+3;;;/p-3. The van der Waals surface area contributed by atoms with E-state index in [-0.39, 0.29) is 71.9 Å². The molecule has 0 radical (unpaired) electrons. The van der Waals surface area contributed by atoms with Gasteiger partial charge in [-0.1, -0.05) is 0 Å². The summed E-state index contributed by atoms with van der Waals surface area (Å²) >= 11 is 1.25. The molecule has 4 heteroatoms. The second-order valence-electron chi connectivity index (χ2n) is 1.77. The second-order valence-corrected chi connectivity index (χ2v) is 3.94. The summed E-state index contributed by atoms with van der Waals surface area (Å²) < 4.78 is 1.65. The first-order valence-corrected chi connectivity index (χ1v) is 4.18. The topological polar surface area (TPSA) is 0 Å². The summed E-state index contributed by atoms with van der Waals surface area (Å²) in [6, 6.07) is 0. The Balaban J connectivity index is -0.000000163. The average molecular weight is 638 g/mol. The SMILES string of the molecule is CC1=[C]([Hf+3])CC=C1.[I-].[I-].[I-]. The van der Waals surface area contributed by atoms with E-state index in [4.69, 9.17) is 0 Å². The first-order valence-electron chi connectivity index (χ1n) is 2.38. The molecule has 0 bridgehead atoms. The minimum atomic E-state index is 0. The zero-order valence-corrected chi connectivity index (χ0v) is 15.6. The van der Waals surface area contributed by atoms with Gasteiger partial charge in [-0.15, -0.1) is 0 Å². The predicted octanol–water partition coefficient (Wildman–Crippen LogP) is -7.22. The van der Waals surface area contributed by atoms with Crippen LogP contribution in [0.25, 0.3) is 0 Å². The summed E-state index contributed by atoms with van der Waals surface area (Å²) in [7, 11) is 0. The van der Waals surface area contributed by atoms with E-state index in [9.17, 15) is 0 Å². The molecule has 1 aliphatic rings. The Morgan fingerprint density at radius 2 is 1.80 bits per heavy atom. The third kappa shape index (κ3) is 6.10. The zero-order chi connectivity index (χ0) is 5.28. The Bertz CT molecular complexity index is 140. The van der Waals surface area contributed by atoms with E-state index in [2.05, 4.69) is 19.1 Å². The second kappa shape index (κ2) is 9.63. The number of hydrogen-bond acceptors (Lipinski definition) is 0. The van der Waals surface area contributed by atoms with Crippen LogP contribution in [0.15, 0.2) is 21.1 Å². The molecule has 1 rings (SSSR count). The van der Waals surface area contributed by atoms with Crippen LogP contribution in [0.1, 0.15) is 13.3 Å². The van der Waals surface area contributed by atoms with Crippen LogP contribution in [-0.4, -0.2) is 0 Å². The Morgan fingerprint density at radius 1 is 1.30 bits per heavy atom. The van der Waals surface area contributed by atoms with Gasteiger partial charge in [0, 0.05) is 0 Å². The van der Waals surface area contributed by atoms with Gasteiger partial charge in [-0.05, 0) is 0 Å². The molecule has 0 saturated carbocycles. The van der Waals surface area contributed by atoms with E-state index in [0.717, 1.165) is 0 Å². The van der Waals surface area contributed by atoms with Crippen LogP contribution < -0.4 is 71.9 Å². The summed E-state index contributed by atoms with van der Waals surface area (Å²) in [5.74, 6) is 0. The molecule has 0 aliphatic heterocycles. The van der Waals surface area contributed by atoms with Crippen LogP contribution in [0.3, 0.4) is 0 Å². The summed E-state index contributed by atoms with van der Waals surface area (Å²) in [6.07, 6.45) is 5.68. The van der Waals surface area contributed by atoms with Crippen molar-refractivity contribution in [3.63, 3.8) is 0 Å². The molecule has 0 aromatic carbocycles. The summed E-state index contributed by atoms with van der Waals surface area (Å²) in [5, 5.41) is 0. The molecule has 10 heavy (non-hydrogen) atoms. The van der Waals surface area contributed by atoms with Gasteiger partial charge in [0.05, 0.1) is 0 Å². The molecule has 0 unspecified atom stereocenters. The van der Waals surface area contributed by atoms with Gasteiger partial charge in [0.25, 0.3) is 0 Å². The summed E-state index contributed by atoms with van der Waals surface area (Å²) in [6.45, 7) is 2.19. The van der Waals surface area contributed by atoms with Crippen molar-refractivity contribution in [2.75, 3.05) is 0 Å². The molecule has 0 N–H and O–H groups in total. The maximum absolute atomic E-state index is 2.23. The van der Waals surface area contributed by atoms with Crippen LogP contribution in [-0.2, 0) is 24.4 Å². The smallest absolute Gasteiger partial charge is 1.00 e. The quantitative estimate of drug-likeness (QED) is 0.183. The van der Waals surface area contributed by atoms with Crippen molar-refractivity contribution in [2.24, 2.45) is 0 Å². The number of halogens is 3. The van der Waals surface area contributed by atoms with Gasteiger partial charge in [-0.25, -0.2) is 0 Å². The van der Waals surface area contributed by atoms with E-state index < -0.39 is 0 Å². The molecular formula is C6H7HfI3. The van der Waals surface area contributed by atoms with Crippen LogP contribution in [0.2, 0.25) is 0 Å². The first kappa shape index (κ1) is 18.3. The number of hydrogen-bond donors (Lipinski definition) is 0. The maximum atomic E-state index is 2.23. The number of allylic oxidation sites excluding steroid dienone is 4.